The average Bonchev–Trinajstić information content (AvgIpc) is 1.27. The van der Waals surface area contributed by atoms with Gasteiger partial charge < -0.3 is 5.32 Å². The predicted molar refractivity (Wildman–Crippen MR) is 39.4 cm³/mol. The van der Waals surface area contributed by atoms with Crippen LogP contribution in [0.4, 0.5) is 0 Å². The second-order valence-electron chi connectivity index (χ2n) is 2.34. The van der Waals surface area contributed by atoms with E-state index in [1.807, 2.05) is 0 Å². The molecule has 0 aliphatic rings. The van der Waals surface area contributed by atoms with Gasteiger partial charge in [0.2, 0.25) is 0 Å². The molecule has 0 heterocycles. The van der Waals surface area contributed by atoms with Crippen LogP contribution < -0.4 is 18.9 Å². The van der Waals surface area contributed by atoms with Gasteiger partial charge in [0.15, 0.2) is 0 Å². The van der Waals surface area contributed by atoms with Crippen molar-refractivity contribution in [2.45, 2.75) is 39.8 Å². The molecule has 47 valence electrons. The molecule has 0 aliphatic carbocycles. The van der Waals surface area contributed by atoms with Gasteiger partial charge in [-0.1, -0.05) is 27.7 Å². The van der Waals surface area contributed by atoms with E-state index < -0.39 is 0 Å². The molecule has 0 saturated heterocycles. The molecule has 0 aromatic heterocycles. The zero-order valence-electron chi connectivity index (χ0n) is 7.18. The summed E-state index contributed by atoms with van der Waals surface area (Å²) in [4.78, 5) is 0. The Labute approximate surface area is 72.7 Å². The first kappa shape index (κ1) is 16.3. The summed E-state index contributed by atoms with van der Waals surface area (Å²) in [5.74, 6) is 0. The van der Waals surface area contributed by atoms with Crippen molar-refractivity contribution in [2.24, 2.45) is 0 Å². The maximum absolute atomic E-state index is 4.28. The first-order valence-electron chi connectivity index (χ1n) is 2.83. The monoisotopic (exact) mass is 118 g/mol. The van der Waals surface area contributed by atoms with Crippen LogP contribution in [0, 0.1) is 0 Å². The summed E-state index contributed by atoms with van der Waals surface area (Å²) >= 11 is 0. The topological polar surface area (TPSA) is 14.1 Å². The normalized spacial score (nSPS) is 8.67. The summed E-state index contributed by atoms with van der Waals surface area (Å²) in [6.07, 6.45) is 0. The van der Waals surface area contributed by atoms with E-state index in [2.05, 4.69) is 33.0 Å². The van der Waals surface area contributed by atoms with Gasteiger partial charge in [0.1, 0.15) is 0 Å². The van der Waals surface area contributed by atoms with E-state index in [1.165, 1.54) is 0 Å². The van der Waals surface area contributed by atoms with Crippen LogP contribution in [0.3, 0.4) is 0 Å². The Morgan fingerprint density at radius 2 is 1.11 bits per heavy atom. The van der Waals surface area contributed by atoms with Gasteiger partial charge in [0.25, 0.3) is 0 Å². The van der Waals surface area contributed by atoms with Crippen LogP contribution in [0.5, 0.6) is 0 Å². The molecular formula is C6H14BLiN. The Morgan fingerprint density at radius 3 is 1.11 bits per heavy atom. The van der Waals surface area contributed by atoms with Crippen molar-refractivity contribution in [3.63, 3.8) is 0 Å². The number of hydrogen-bond acceptors (Lipinski definition) is 0. The number of nitrogens with zero attached hydrogens (tertiary/aromatic N) is 1. The molecule has 0 aromatic carbocycles. The Hall–Kier alpha value is 0.622. The maximum Gasteiger partial charge on any atom is 1.00 e. The van der Waals surface area contributed by atoms with E-state index in [0.29, 0.717) is 12.1 Å². The predicted octanol–water partition coefficient (Wildman–Crippen LogP) is -1.20. The Kier molecular flexibility index (Phi) is 15.6. The Morgan fingerprint density at radius 1 is 0.889 bits per heavy atom. The summed E-state index contributed by atoms with van der Waals surface area (Å²) in [6.45, 7) is 8.39. The van der Waals surface area contributed by atoms with Crippen LogP contribution >= 0.6 is 0 Å². The van der Waals surface area contributed by atoms with Crippen LogP contribution in [0.2, 0.25) is 0 Å². The summed E-state index contributed by atoms with van der Waals surface area (Å²) in [7, 11) is 0. The first-order chi connectivity index (χ1) is 3.13. The molecule has 3 heteroatoms. The van der Waals surface area contributed by atoms with E-state index in [-0.39, 0.29) is 27.3 Å². The van der Waals surface area contributed by atoms with Gasteiger partial charge >= 0.3 is 18.9 Å². The molecule has 0 atom stereocenters. The zero-order chi connectivity index (χ0) is 5.86. The van der Waals surface area contributed by atoms with E-state index in [0.717, 1.165) is 0 Å². The number of hydrogen-bond donors (Lipinski definition) is 0. The van der Waals surface area contributed by atoms with Gasteiger partial charge in [-0.3, -0.25) is 0 Å². The minimum atomic E-state index is 0. The molecule has 0 aliphatic heterocycles. The van der Waals surface area contributed by atoms with Crippen molar-refractivity contribution in [3.8, 4) is 0 Å². The van der Waals surface area contributed by atoms with Crippen molar-refractivity contribution in [3.05, 3.63) is 5.32 Å². The standard InChI is InChI=1S/C6H14N.B.Li/c1-5(2)7-6(3)4;;/h5-6H,1-4H3;;/q-1;;+1. The quantitative estimate of drug-likeness (QED) is 0.404. The van der Waals surface area contributed by atoms with Gasteiger partial charge in [-0.05, 0) is 0 Å². The molecule has 0 aromatic rings. The maximum atomic E-state index is 4.28. The number of rotatable bonds is 2. The Bertz CT molecular complexity index is 42.3. The van der Waals surface area contributed by atoms with Crippen molar-refractivity contribution in [1.29, 1.82) is 0 Å². The molecular weight excluding hydrogens is 104 g/mol. The molecule has 0 N–H and O–H groups in total. The summed E-state index contributed by atoms with van der Waals surface area (Å²) in [5, 5.41) is 4.28. The fourth-order valence-corrected chi connectivity index (χ4v) is 0.596. The molecule has 0 rings (SSSR count). The first-order valence-corrected chi connectivity index (χ1v) is 2.83. The molecule has 0 amide bonds. The summed E-state index contributed by atoms with van der Waals surface area (Å²) in [5.41, 5.74) is 0. The van der Waals surface area contributed by atoms with Crippen molar-refractivity contribution >= 4 is 8.41 Å². The summed E-state index contributed by atoms with van der Waals surface area (Å²) in [6, 6.07) is 1.000. The second-order valence-corrected chi connectivity index (χ2v) is 2.34. The molecule has 0 fully saturated rings. The van der Waals surface area contributed by atoms with E-state index >= 15 is 0 Å². The molecule has 9 heavy (non-hydrogen) atoms. The van der Waals surface area contributed by atoms with E-state index in [1.54, 1.807) is 0 Å². The van der Waals surface area contributed by atoms with Crippen LogP contribution in [0.25, 0.3) is 5.32 Å². The zero-order valence-corrected chi connectivity index (χ0v) is 7.18. The van der Waals surface area contributed by atoms with Crippen LogP contribution in [-0.4, -0.2) is 20.5 Å². The third kappa shape index (κ3) is 17.7. The van der Waals surface area contributed by atoms with Gasteiger partial charge in [0.05, 0.1) is 0 Å². The smallest absolute Gasteiger partial charge is 0.658 e. The average molecular weight is 118 g/mol. The minimum absolute atomic E-state index is 0. The van der Waals surface area contributed by atoms with E-state index in [9.17, 15) is 0 Å². The van der Waals surface area contributed by atoms with Crippen molar-refractivity contribution in [1.82, 2.24) is 0 Å². The second kappa shape index (κ2) is 8.62. The van der Waals surface area contributed by atoms with Crippen molar-refractivity contribution < 1.29 is 18.9 Å². The van der Waals surface area contributed by atoms with Gasteiger partial charge in [-0.2, -0.15) is 0 Å². The van der Waals surface area contributed by atoms with Crippen molar-refractivity contribution in [2.75, 3.05) is 0 Å². The van der Waals surface area contributed by atoms with Crippen LogP contribution in [0.1, 0.15) is 27.7 Å². The SMILES string of the molecule is CC(C)[N-]C(C)C.[B].[Li+]. The van der Waals surface area contributed by atoms with Gasteiger partial charge in [0, 0.05) is 8.41 Å². The van der Waals surface area contributed by atoms with Gasteiger partial charge in [-0.25, -0.2) is 0 Å². The third-order valence-electron chi connectivity index (χ3n) is 0.596. The molecule has 0 spiro atoms. The van der Waals surface area contributed by atoms with Crippen LogP contribution in [-0.2, 0) is 0 Å². The van der Waals surface area contributed by atoms with E-state index in [4.69, 9.17) is 0 Å². The minimum Gasteiger partial charge on any atom is -0.658 e. The summed E-state index contributed by atoms with van der Waals surface area (Å²) < 4.78 is 0. The molecule has 0 unspecified atom stereocenters. The fraction of sp³-hybridized carbons (Fsp3) is 1.00. The molecule has 0 bridgehead atoms. The molecule has 3 radical (unpaired) electrons. The van der Waals surface area contributed by atoms with Gasteiger partial charge in [-0.15, -0.1) is 12.1 Å². The fourth-order valence-electron chi connectivity index (χ4n) is 0.596. The van der Waals surface area contributed by atoms with Crippen LogP contribution in [0.15, 0.2) is 0 Å². The third-order valence-corrected chi connectivity index (χ3v) is 0.596. The Balaban J connectivity index is -0.000000180. The largest absolute Gasteiger partial charge is 1.00 e. The molecule has 1 nitrogen and oxygen atoms in total. The molecule has 0 saturated carbocycles.